The Hall–Kier alpha value is -1.63. The number of aromatic nitrogens is 2. The first-order valence-electron chi connectivity index (χ1n) is 9.01. The van der Waals surface area contributed by atoms with Crippen molar-refractivity contribution >= 4 is 0 Å². The van der Waals surface area contributed by atoms with Crippen molar-refractivity contribution in [1.82, 2.24) is 20.0 Å². The van der Waals surface area contributed by atoms with Gasteiger partial charge in [0.25, 0.3) is 0 Å². The molecule has 130 valence electrons. The molecule has 2 aromatic rings. The molecule has 1 atom stereocenters. The zero-order chi connectivity index (χ0) is 16.2. The SMILES string of the molecule is c1cc(-c2ccc(CN3CCCCC3CN3CCOCC3)o2)[nH]n1. The Kier molecular flexibility index (Phi) is 4.96. The van der Waals surface area contributed by atoms with Crippen LogP contribution in [0.25, 0.3) is 11.5 Å². The maximum Gasteiger partial charge on any atom is 0.152 e. The number of aromatic amines is 1. The molecule has 0 aromatic carbocycles. The highest BCUT2D eigenvalue weighted by Gasteiger charge is 2.26. The number of H-pyrrole nitrogens is 1. The summed E-state index contributed by atoms with van der Waals surface area (Å²) in [6.45, 7) is 7.08. The van der Waals surface area contributed by atoms with Crippen LogP contribution in [0, 0.1) is 0 Å². The fourth-order valence-electron chi connectivity index (χ4n) is 3.76. The first-order valence-corrected chi connectivity index (χ1v) is 9.01. The van der Waals surface area contributed by atoms with E-state index >= 15 is 0 Å². The molecule has 1 unspecified atom stereocenters. The Labute approximate surface area is 142 Å². The van der Waals surface area contributed by atoms with Crippen molar-refractivity contribution in [3.05, 3.63) is 30.2 Å². The molecule has 0 saturated carbocycles. The van der Waals surface area contributed by atoms with Crippen molar-refractivity contribution in [2.75, 3.05) is 39.4 Å². The predicted molar refractivity (Wildman–Crippen MR) is 91.6 cm³/mol. The van der Waals surface area contributed by atoms with Crippen molar-refractivity contribution < 1.29 is 9.15 Å². The third-order valence-corrected chi connectivity index (χ3v) is 5.11. The largest absolute Gasteiger partial charge is 0.458 e. The van der Waals surface area contributed by atoms with Crippen LogP contribution in [0.2, 0.25) is 0 Å². The lowest BCUT2D eigenvalue weighted by molar-refractivity contribution is 0.0142. The normalized spacial score (nSPS) is 23.6. The van der Waals surface area contributed by atoms with Crippen LogP contribution in [0.4, 0.5) is 0 Å². The smallest absolute Gasteiger partial charge is 0.152 e. The Bertz CT molecular complexity index is 619. The van der Waals surface area contributed by atoms with E-state index in [1.807, 2.05) is 12.1 Å². The first kappa shape index (κ1) is 15.9. The van der Waals surface area contributed by atoms with Crippen LogP contribution in [-0.2, 0) is 11.3 Å². The zero-order valence-electron chi connectivity index (χ0n) is 14.1. The minimum Gasteiger partial charge on any atom is -0.458 e. The van der Waals surface area contributed by atoms with Gasteiger partial charge in [0.1, 0.15) is 11.5 Å². The Morgan fingerprint density at radius 3 is 2.88 bits per heavy atom. The topological polar surface area (TPSA) is 57.5 Å². The molecule has 0 spiro atoms. The quantitative estimate of drug-likeness (QED) is 0.912. The molecule has 4 heterocycles. The monoisotopic (exact) mass is 330 g/mol. The standard InChI is InChI=1S/C18H26N4O2/c1-2-8-22(15(3-1)13-21-9-11-23-12-10-21)14-16-4-5-18(24-16)17-6-7-19-20-17/h4-7,15H,1-3,8-14H2,(H,19,20). The van der Waals surface area contributed by atoms with Gasteiger partial charge in [-0.15, -0.1) is 0 Å². The van der Waals surface area contributed by atoms with Crippen LogP contribution in [-0.4, -0.2) is 65.4 Å². The average Bonchev–Trinajstić information content (AvgIpc) is 3.29. The third kappa shape index (κ3) is 3.71. The summed E-state index contributed by atoms with van der Waals surface area (Å²) in [4.78, 5) is 5.14. The van der Waals surface area contributed by atoms with Crippen LogP contribution in [0.5, 0.6) is 0 Å². The molecule has 1 N–H and O–H groups in total. The highest BCUT2D eigenvalue weighted by molar-refractivity contribution is 5.51. The van der Waals surface area contributed by atoms with Crippen LogP contribution in [0.1, 0.15) is 25.0 Å². The summed E-state index contributed by atoms with van der Waals surface area (Å²) >= 11 is 0. The highest BCUT2D eigenvalue weighted by Crippen LogP contribution is 2.24. The zero-order valence-corrected chi connectivity index (χ0v) is 14.1. The van der Waals surface area contributed by atoms with Crippen LogP contribution >= 0.6 is 0 Å². The van der Waals surface area contributed by atoms with Crippen LogP contribution in [0.3, 0.4) is 0 Å². The number of nitrogens with one attached hydrogen (secondary N) is 1. The summed E-state index contributed by atoms with van der Waals surface area (Å²) in [7, 11) is 0. The lowest BCUT2D eigenvalue weighted by Gasteiger charge is -2.39. The van der Waals surface area contributed by atoms with E-state index < -0.39 is 0 Å². The highest BCUT2D eigenvalue weighted by atomic mass is 16.5. The van der Waals surface area contributed by atoms with E-state index in [9.17, 15) is 0 Å². The van der Waals surface area contributed by atoms with Gasteiger partial charge >= 0.3 is 0 Å². The van der Waals surface area contributed by atoms with Crippen molar-refractivity contribution in [1.29, 1.82) is 0 Å². The number of furan rings is 1. The predicted octanol–water partition coefficient (Wildman–Crippen LogP) is 2.36. The van der Waals surface area contributed by atoms with E-state index in [4.69, 9.17) is 9.15 Å². The van der Waals surface area contributed by atoms with Gasteiger partial charge in [-0.05, 0) is 37.6 Å². The molecule has 4 rings (SSSR count). The fraction of sp³-hybridized carbons (Fsp3) is 0.611. The van der Waals surface area contributed by atoms with Crippen molar-refractivity contribution in [3.63, 3.8) is 0 Å². The summed E-state index contributed by atoms with van der Waals surface area (Å²) in [6, 6.07) is 6.68. The molecule has 2 aliphatic heterocycles. The van der Waals surface area contributed by atoms with Crippen LogP contribution in [0.15, 0.2) is 28.8 Å². The maximum absolute atomic E-state index is 6.02. The summed E-state index contributed by atoms with van der Waals surface area (Å²) in [5.41, 5.74) is 0.935. The molecular formula is C18H26N4O2. The Morgan fingerprint density at radius 1 is 1.12 bits per heavy atom. The Morgan fingerprint density at radius 2 is 2.04 bits per heavy atom. The molecule has 0 aliphatic carbocycles. The number of morpholine rings is 1. The van der Waals surface area contributed by atoms with Gasteiger partial charge in [0, 0.05) is 31.9 Å². The Balaban J connectivity index is 1.39. The second-order valence-corrected chi connectivity index (χ2v) is 6.77. The van der Waals surface area contributed by atoms with Crippen molar-refractivity contribution in [2.24, 2.45) is 0 Å². The third-order valence-electron chi connectivity index (χ3n) is 5.11. The lowest BCUT2D eigenvalue weighted by Crippen LogP contribution is -2.49. The number of piperidine rings is 1. The number of hydrogen-bond donors (Lipinski definition) is 1. The van der Waals surface area contributed by atoms with Gasteiger partial charge in [-0.2, -0.15) is 5.10 Å². The molecule has 2 aromatic heterocycles. The van der Waals surface area contributed by atoms with E-state index in [0.29, 0.717) is 6.04 Å². The average molecular weight is 330 g/mol. The molecule has 0 bridgehead atoms. The first-order chi connectivity index (χ1) is 11.9. The number of likely N-dealkylation sites (tertiary alicyclic amines) is 1. The fourth-order valence-corrected chi connectivity index (χ4v) is 3.76. The second-order valence-electron chi connectivity index (χ2n) is 6.77. The van der Waals surface area contributed by atoms with Gasteiger partial charge in [0.05, 0.1) is 19.8 Å². The number of nitrogens with zero attached hydrogens (tertiary/aromatic N) is 3. The van der Waals surface area contributed by atoms with E-state index in [-0.39, 0.29) is 0 Å². The van der Waals surface area contributed by atoms with Gasteiger partial charge in [0.15, 0.2) is 5.76 Å². The maximum atomic E-state index is 6.02. The summed E-state index contributed by atoms with van der Waals surface area (Å²) < 4.78 is 11.5. The minimum absolute atomic E-state index is 0.623. The summed E-state index contributed by atoms with van der Waals surface area (Å²) in [6.07, 6.45) is 5.66. The van der Waals surface area contributed by atoms with Gasteiger partial charge < -0.3 is 9.15 Å². The summed E-state index contributed by atoms with van der Waals surface area (Å²) in [5.74, 6) is 1.90. The van der Waals surface area contributed by atoms with E-state index in [1.165, 1.54) is 19.3 Å². The molecule has 0 radical (unpaired) electrons. The minimum atomic E-state index is 0.623. The molecule has 6 nitrogen and oxygen atoms in total. The van der Waals surface area contributed by atoms with Gasteiger partial charge in [-0.1, -0.05) is 6.42 Å². The van der Waals surface area contributed by atoms with E-state index in [1.54, 1.807) is 6.20 Å². The number of rotatable bonds is 5. The lowest BCUT2D eigenvalue weighted by atomic mass is 10.0. The molecule has 2 saturated heterocycles. The van der Waals surface area contributed by atoms with Crippen LogP contribution < -0.4 is 0 Å². The molecule has 2 aliphatic rings. The van der Waals surface area contributed by atoms with Gasteiger partial charge in [0.2, 0.25) is 0 Å². The van der Waals surface area contributed by atoms with E-state index in [0.717, 1.165) is 63.2 Å². The molecule has 0 amide bonds. The van der Waals surface area contributed by atoms with Gasteiger partial charge in [-0.3, -0.25) is 14.9 Å². The number of hydrogen-bond acceptors (Lipinski definition) is 5. The summed E-state index contributed by atoms with van der Waals surface area (Å²) in [5, 5.41) is 6.95. The van der Waals surface area contributed by atoms with Crippen molar-refractivity contribution in [2.45, 2.75) is 31.8 Å². The van der Waals surface area contributed by atoms with Crippen molar-refractivity contribution in [3.8, 4) is 11.5 Å². The van der Waals surface area contributed by atoms with E-state index in [2.05, 4.69) is 26.1 Å². The molecule has 2 fully saturated rings. The van der Waals surface area contributed by atoms with Gasteiger partial charge in [-0.25, -0.2) is 0 Å². The molecular weight excluding hydrogens is 304 g/mol. The molecule has 6 heteroatoms. The molecule has 24 heavy (non-hydrogen) atoms. The number of ether oxygens (including phenoxy) is 1. The second kappa shape index (κ2) is 7.51.